The van der Waals surface area contributed by atoms with Gasteiger partial charge in [0.15, 0.2) is 5.78 Å². The lowest BCUT2D eigenvalue weighted by molar-refractivity contribution is -0.116. The number of ketones is 1. The Hall–Kier alpha value is -4.13. The number of Topliss-reactive ketones (excluding diaryl/α,β-unsaturated/α-hetero) is 1. The molecule has 1 saturated heterocycles. The molecule has 0 spiro atoms. The Morgan fingerprint density at radius 3 is 2.67 bits per heavy atom. The molecule has 2 aromatic carbocycles. The fourth-order valence-electron chi connectivity index (χ4n) is 4.92. The minimum absolute atomic E-state index is 0.0349. The van der Waals surface area contributed by atoms with Gasteiger partial charge in [0.2, 0.25) is 10.0 Å². The molecule has 0 amide bonds. The van der Waals surface area contributed by atoms with Gasteiger partial charge in [0.05, 0.1) is 29.4 Å². The number of nitrogens with zero attached hydrogens (tertiary/aromatic N) is 2. The summed E-state index contributed by atoms with van der Waals surface area (Å²) in [6.07, 6.45) is 2.88. The summed E-state index contributed by atoms with van der Waals surface area (Å²) in [5.74, 6) is 0.315. The number of benzene rings is 2. The van der Waals surface area contributed by atoms with Gasteiger partial charge in [-0.1, -0.05) is 31.5 Å². The Bertz CT molecular complexity index is 1710. The van der Waals surface area contributed by atoms with Crippen LogP contribution in [0.1, 0.15) is 49.9 Å². The summed E-state index contributed by atoms with van der Waals surface area (Å²) in [5.41, 5.74) is 2.44. The number of H-pyrrole nitrogens is 1. The van der Waals surface area contributed by atoms with E-state index in [0.717, 1.165) is 11.1 Å². The standard InChI is InChI=1S/C31H37N5O6S/c1-5-8-25(32)28-29(33-3)31(38)35-30(34-28)24-17-23(11-12-27(24)42-6-2)43(39,40)36-14-13-26(37)22(18-36)16-20-9-7-10-21(15-20)19-41-4/h7,9-12,15-17,32-33H,5-6,8,13-14,18-19H2,1-4H3,(H,34,35,38)/b22-16-,32-25?. The van der Waals surface area contributed by atoms with E-state index < -0.39 is 15.6 Å². The van der Waals surface area contributed by atoms with Crippen LogP contribution >= 0.6 is 0 Å². The number of sulfonamides is 1. The lowest BCUT2D eigenvalue weighted by Gasteiger charge is -2.27. The molecule has 3 N–H and O–H groups in total. The second kappa shape index (κ2) is 13.9. The van der Waals surface area contributed by atoms with Crippen molar-refractivity contribution < 1.29 is 22.7 Å². The molecular weight excluding hydrogens is 570 g/mol. The monoisotopic (exact) mass is 607 g/mol. The van der Waals surface area contributed by atoms with Crippen LogP contribution in [0.4, 0.5) is 5.69 Å². The number of anilines is 1. The van der Waals surface area contributed by atoms with Crippen molar-refractivity contribution in [3.63, 3.8) is 0 Å². The summed E-state index contributed by atoms with van der Waals surface area (Å²) in [7, 11) is -0.874. The van der Waals surface area contributed by atoms with E-state index >= 15 is 0 Å². The Morgan fingerprint density at radius 2 is 1.98 bits per heavy atom. The molecule has 1 aromatic heterocycles. The van der Waals surface area contributed by atoms with Crippen LogP contribution < -0.4 is 15.6 Å². The molecule has 2 heterocycles. The van der Waals surface area contributed by atoms with Crippen molar-refractivity contribution in [2.75, 3.05) is 39.2 Å². The van der Waals surface area contributed by atoms with E-state index in [4.69, 9.17) is 14.9 Å². The molecule has 0 saturated carbocycles. The summed E-state index contributed by atoms with van der Waals surface area (Å²) in [5, 5.41) is 11.3. The van der Waals surface area contributed by atoms with E-state index in [9.17, 15) is 18.0 Å². The number of carbonyl (C=O) groups is 1. The lowest BCUT2D eigenvalue weighted by atomic mass is 10.0. The van der Waals surface area contributed by atoms with Gasteiger partial charge in [-0.3, -0.25) is 9.59 Å². The Balaban J connectivity index is 1.74. The van der Waals surface area contributed by atoms with Gasteiger partial charge in [-0.15, -0.1) is 0 Å². The molecule has 12 heteroatoms. The molecule has 228 valence electrons. The first-order valence-electron chi connectivity index (χ1n) is 14.1. The van der Waals surface area contributed by atoms with Crippen LogP contribution in [-0.4, -0.2) is 68.0 Å². The Kier molecular flexibility index (Phi) is 10.3. The fourth-order valence-corrected chi connectivity index (χ4v) is 6.37. The van der Waals surface area contributed by atoms with Gasteiger partial charge in [-0.2, -0.15) is 4.31 Å². The molecule has 1 aliphatic rings. The van der Waals surface area contributed by atoms with E-state index in [1.165, 1.54) is 22.5 Å². The minimum atomic E-state index is -4.06. The molecule has 0 radical (unpaired) electrons. The zero-order valence-electron chi connectivity index (χ0n) is 24.8. The van der Waals surface area contributed by atoms with Gasteiger partial charge >= 0.3 is 0 Å². The molecule has 11 nitrogen and oxygen atoms in total. The van der Waals surface area contributed by atoms with Crippen molar-refractivity contribution in [1.82, 2.24) is 14.3 Å². The number of methoxy groups -OCH3 is 1. The number of piperidine rings is 1. The fraction of sp³-hybridized carbons (Fsp3) is 0.355. The highest BCUT2D eigenvalue weighted by Gasteiger charge is 2.32. The number of hydrogen-bond acceptors (Lipinski definition) is 9. The topological polar surface area (TPSA) is 155 Å². The van der Waals surface area contributed by atoms with E-state index in [0.29, 0.717) is 37.4 Å². The third-order valence-electron chi connectivity index (χ3n) is 7.00. The summed E-state index contributed by atoms with van der Waals surface area (Å²) in [6, 6.07) is 11.9. The van der Waals surface area contributed by atoms with Gasteiger partial charge < -0.3 is 25.2 Å². The van der Waals surface area contributed by atoms with Crippen molar-refractivity contribution in [2.45, 2.75) is 44.6 Å². The highest BCUT2D eigenvalue weighted by atomic mass is 32.2. The van der Waals surface area contributed by atoms with Crippen LogP contribution in [0.25, 0.3) is 17.5 Å². The zero-order chi connectivity index (χ0) is 31.1. The molecule has 0 bridgehead atoms. The number of hydrogen-bond donors (Lipinski definition) is 3. The molecule has 3 aromatic rings. The molecule has 43 heavy (non-hydrogen) atoms. The van der Waals surface area contributed by atoms with Gasteiger partial charge in [-0.25, -0.2) is 13.4 Å². The van der Waals surface area contributed by atoms with Crippen molar-refractivity contribution in [1.29, 1.82) is 5.41 Å². The van der Waals surface area contributed by atoms with E-state index in [-0.39, 0.29) is 58.7 Å². The Morgan fingerprint density at radius 1 is 1.19 bits per heavy atom. The second-order valence-corrected chi connectivity index (χ2v) is 12.0. The SMILES string of the molecule is CCCC(=N)c1nc(-c2cc(S(=O)(=O)N3CCC(=O)/C(=C\c4cccc(COC)c4)C3)ccc2OCC)[nH]c(=O)c1NC. The number of aromatic nitrogens is 2. The summed E-state index contributed by atoms with van der Waals surface area (Å²) in [4.78, 5) is 33.0. The largest absolute Gasteiger partial charge is 0.493 e. The zero-order valence-corrected chi connectivity index (χ0v) is 25.6. The smallest absolute Gasteiger partial charge is 0.275 e. The van der Waals surface area contributed by atoms with Gasteiger partial charge in [-0.05, 0) is 54.8 Å². The van der Waals surface area contributed by atoms with Crippen LogP contribution in [0, 0.1) is 5.41 Å². The number of carbonyl (C=O) groups excluding carboxylic acids is 1. The summed E-state index contributed by atoms with van der Waals surface area (Å²) >= 11 is 0. The van der Waals surface area contributed by atoms with E-state index in [1.54, 1.807) is 27.2 Å². The maximum atomic E-state index is 13.9. The summed E-state index contributed by atoms with van der Waals surface area (Å²) < 4.78 is 40.1. The molecule has 4 rings (SSSR count). The Labute approximate surface area is 251 Å². The number of nitrogens with one attached hydrogen (secondary N) is 3. The second-order valence-electron chi connectivity index (χ2n) is 10.1. The first-order chi connectivity index (χ1) is 20.6. The molecular formula is C31H37N5O6S. The number of ether oxygens (including phenoxy) is 2. The molecule has 1 fully saturated rings. The van der Waals surface area contributed by atoms with Crippen molar-refractivity contribution in [2.24, 2.45) is 0 Å². The summed E-state index contributed by atoms with van der Waals surface area (Å²) in [6.45, 7) is 4.39. The van der Waals surface area contributed by atoms with Crippen LogP contribution in [0.15, 0.2) is 57.7 Å². The quantitative estimate of drug-likeness (QED) is 0.204. The van der Waals surface area contributed by atoms with Crippen molar-refractivity contribution in [3.8, 4) is 17.1 Å². The van der Waals surface area contributed by atoms with Crippen LogP contribution in [0.5, 0.6) is 5.75 Å². The number of rotatable bonds is 12. The maximum absolute atomic E-state index is 13.9. The molecule has 0 unspecified atom stereocenters. The van der Waals surface area contributed by atoms with E-state index in [1.807, 2.05) is 31.2 Å². The predicted octanol–water partition coefficient (Wildman–Crippen LogP) is 4.24. The van der Waals surface area contributed by atoms with Crippen LogP contribution in [0.2, 0.25) is 0 Å². The molecule has 0 aliphatic carbocycles. The highest BCUT2D eigenvalue weighted by molar-refractivity contribution is 7.89. The van der Waals surface area contributed by atoms with Gasteiger partial charge in [0.1, 0.15) is 23.0 Å². The van der Waals surface area contributed by atoms with E-state index in [2.05, 4.69) is 15.3 Å². The third-order valence-corrected chi connectivity index (χ3v) is 8.84. The first-order valence-corrected chi connectivity index (χ1v) is 15.6. The maximum Gasteiger partial charge on any atom is 0.275 e. The van der Waals surface area contributed by atoms with Crippen LogP contribution in [-0.2, 0) is 26.2 Å². The lowest BCUT2D eigenvalue weighted by Crippen LogP contribution is -2.40. The van der Waals surface area contributed by atoms with Crippen LogP contribution in [0.3, 0.4) is 0 Å². The minimum Gasteiger partial charge on any atom is -0.493 e. The van der Waals surface area contributed by atoms with Crippen molar-refractivity contribution in [3.05, 3.63) is 75.2 Å². The predicted molar refractivity (Wildman–Crippen MR) is 166 cm³/mol. The highest BCUT2D eigenvalue weighted by Crippen LogP contribution is 2.33. The molecule has 1 aliphatic heterocycles. The third kappa shape index (κ3) is 7.10. The molecule has 0 atom stereocenters. The van der Waals surface area contributed by atoms with Crippen molar-refractivity contribution >= 4 is 33.3 Å². The average molecular weight is 608 g/mol. The normalized spacial score (nSPS) is 15.1. The average Bonchev–Trinajstić information content (AvgIpc) is 2.98. The van der Waals surface area contributed by atoms with Gasteiger partial charge in [0, 0.05) is 39.2 Å². The first kappa shape index (κ1) is 31.8. The number of aromatic amines is 1. The van der Waals surface area contributed by atoms with Gasteiger partial charge in [0.25, 0.3) is 5.56 Å².